The highest BCUT2D eigenvalue weighted by Gasteiger charge is 2.37. The Morgan fingerprint density at radius 1 is 1.32 bits per heavy atom. The molecule has 22 heavy (non-hydrogen) atoms. The third kappa shape index (κ3) is 3.35. The molecule has 1 heterocycles. The van der Waals surface area contributed by atoms with E-state index in [4.69, 9.17) is 0 Å². The standard InChI is InChI=1S/C15H14F3NO2S/c1-3-9(2)19-13(20)12(22-14(19)21)8-10-5-4-6-11(7-10)15(16,17)18/h4-9H,3H2,1-2H3/b12-8+/t9-/m1/s1. The normalized spacial score (nSPS) is 19.1. The summed E-state index contributed by atoms with van der Waals surface area (Å²) in [5.74, 6) is -0.457. The monoisotopic (exact) mass is 329 g/mol. The quantitative estimate of drug-likeness (QED) is 0.764. The predicted octanol–water partition coefficient (Wildman–Crippen LogP) is 4.54. The fourth-order valence-electron chi connectivity index (χ4n) is 2.00. The number of amides is 2. The summed E-state index contributed by atoms with van der Waals surface area (Å²) < 4.78 is 38.0. The lowest BCUT2D eigenvalue weighted by atomic mass is 10.1. The highest BCUT2D eigenvalue weighted by Crippen LogP contribution is 2.35. The Morgan fingerprint density at radius 3 is 2.59 bits per heavy atom. The molecule has 0 aliphatic carbocycles. The minimum atomic E-state index is -4.44. The van der Waals surface area contributed by atoms with Crippen molar-refractivity contribution in [1.29, 1.82) is 0 Å². The Kier molecular flexibility index (Phi) is 4.65. The average Bonchev–Trinajstić information content (AvgIpc) is 2.72. The first-order chi connectivity index (χ1) is 10.2. The molecule has 0 spiro atoms. The molecule has 7 heteroatoms. The van der Waals surface area contributed by atoms with Crippen LogP contribution in [0.4, 0.5) is 18.0 Å². The summed E-state index contributed by atoms with van der Waals surface area (Å²) in [6, 6.07) is 4.42. The zero-order valence-electron chi connectivity index (χ0n) is 12.0. The summed E-state index contributed by atoms with van der Waals surface area (Å²) in [5.41, 5.74) is -0.549. The number of benzene rings is 1. The van der Waals surface area contributed by atoms with Crippen molar-refractivity contribution in [1.82, 2.24) is 4.90 Å². The zero-order chi connectivity index (χ0) is 16.5. The van der Waals surface area contributed by atoms with Gasteiger partial charge in [0, 0.05) is 6.04 Å². The van der Waals surface area contributed by atoms with Gasteiger partial charge in [0.2, 0.25) is 0 Å². The minimum Gasteiger partial charge on any atom is -0.268 e. The number of halogens is 3. The lowest BCUT2D eigenvalue weighted by Gasteiger charge is -2.19. The molecule has 1 saturated heterocycles. The van der Waals surface area contributed by atoms with Crippen LogP contribution in [0.15, 0.2) is 29.2 Å². The summed E-state index contributed by atoms with van der Waals surface area (Å²) in [4.78, 5) is 25.3. The largest absolute Gasteiger partial charge is 0.416 e. The summed E-state index contributed by atoms with van der Waals surface area (Å²) >= 11 is 0.751. The highest BCUT2D eigenvalue weighted by molar-refractivity contribution is 8.18. The van der Waals surface area contributed by atoms with Crippen LogP contribution >= 0.6 is 11.8 Å². The molecular formula is C15H14F3NO2S. The molecule has 2 rings (SSSR count). The third-order valence-electron chi connectivity index (χ3n) is 3.37. The van der Waals surface area contributed by atoms with Crippen molar-refractivity contribution in [3.05, 3.63) is 40.3 Å². The van der Waals surface area contributed by atoms with Crippen molar-refractivity contribution >= 4 is 29.0 Å². The van der Waals surface area contributed by atoms with Crippen LogP contribution in [0.3, 0.4) is 0 Å². The number of rotatable bonds is 3. The maximum Gasteiger partial charge on any atom is 0.416 e. The van der Waals surface area contributed by atoms with Gasteiger partial charge in [-0.1, -0.05) is 19.1 Å². The van der Waals surface area contributed by atoms with E-state index in [0.29, 0.717) is 6.42 Å². The number of thioether (sulfide) groups is 1. The van der Waals surface area contributed by atoms with Crippen molar-refractivity contribution in [3.8, 4) is 0 Å². The summed E-state index contributed by atoms with van der Waals surface area (Å²) in [5, 5.41) is -0.391. The first-order valence-corrected chi connectivity index (χ1v) is 7.50. The lowest BCUT2D eigenvalue weighted by Crippen LogP contribution is -2.36. The topological polar surface area (TPSA) is 37.4 Å². The van der Waals surface area contributed by atoms with Gasteiger partial charge in [-0.15, -0.1) is 0 Å². The molecule has 2 amide bonds. The Balaban J connectivity index is 2.31. The van der Waals surface area contributed by atoms with Crippen molar-refractivity contribution < 1.29 is 22.8 Å². The van der Waals surface area contributed by atoms with Crippen LogP contribution in [-0.4, -0.2) is 22.1 Å². The van der Waals surface area contributed by atoms with E-state index in [1.54, 1.807) is 6.92 Å². The molecule has 0 unspecified atom stereocenters. The molecule has 1 fully saturated rings. The fraction of sp³-hybridized carbons (Fsp3) is 0.333. The number of nitrogens with zero attached hydrogens (tertiary/aromatic N) is 1. The molecule has 0 saturated carbocycles. The molecule has 1 aromatic carbocycles. The molecular weight excluding hydrogens is 315 g/mol. The van der Waals surface area contributed by atoms with Crippen molar-refractivity contribution in [3.63, 3.8) is 0 Å². The van der Waals surface area contributed by atoms with E-state index < -0.39 is 22.9 Å². The molecule has 3 nitrogen and oxygen atoms in total. The van der Waals surface area contributed by atoms with Gasteiger partial charge in [-0.3, -0.25) is 14.5 Å². The van der Waals surface area contributed by atoms with Crippen LogP contribution < -0.4 is 0 Å². The number of carbonyl (C=O) groups is 2. The van der Waals surface area contributed by atoms with Crippen LogP contribution in [-0.2, 0) is 11.0 Å². The number of imide groups is 1. The van der Waals surface area contributed by atoms with Crippen molar-refractivity contribution in [2.75, 3.05) is 0 Å². The zero-order valence-corrected chi connectivity index (χ0v) is 12.8. The van der Waals surface area contributed by atoms with E-state index in [1.165, 1.54) is 18.2 Å². The van der Waals surface area contributed by atoms with Gasteiger partial charge < -0.3 is 0 Å². The van der Waals surface area contributed by atoms with Crippen LogP contribution in [0.2, 0.25) is 0 Å². The summed E-state index contributed by atoms with van der Waals surface area (Å²) in [6.07, 6.45) is -2.50. The molecule has 0 N–H and O–H groups in total. The molecule has 0 bridgehead atoms. The molecule has 1 aliphatic rings. The average molecular weight is 329 g/mol. The Hall–Kier alpha value is -1.76. The second-order valence-electron chi connectivity index (χ2n) is 4.93. The highest BCUT2D eigenvalue weighted by atomic mass is 32.2. The number of alkyl halides is 3. The number of hydrogen-bond donors (Lipinski definition) is 0. The lowest BCUT2D eigenvalue weighted by molar-refractivity contribution is -0.137. The van der Waals surface area contributed by atoms with E-state index in [1.807, 2.05) is 6.92 Å². The molecule has 0 radical (unpaired) electrons. The van der Waals surface area contributed by atoms with Gasteiger partial charge in [0.15, 0.2) is 0 Å². The fourth-order valence-corrected chi connectivity index (χ4v) is 2.93. The van der Waals surface area contributed by atoms with Gasteiger partial charge in [-0.05, 0) is 48.9 Å². The Labute approximate surface area is 130 Å². The van der Waals surface area contributed by atoms with E-state index in [0.717, 1.165) is 28.8 Å². The Bertz CT molecular complexity index is 640. The van der Waals surface area contributed by atoms with E-state index in [2.05, 4.69) is 0 Å². The molecule has 1 aliphatic heterocycles. The molecule has 118 valence electrons. The van der Waals surface area contributed by atoms with E-state index in [9.17, 15) is 22.8 Å². The van der Waals surface area contributed by atoms with Crippen LogP contribution in [0.1, 0.15) is 31.4 Å². The third-order valence-corrected chi connectivity index (χ3v) is 4.25. The summed E-state index contributed by atoms with van der Waals surface area (Å²) in [6.45, 7) is 3.61. The minimum absolute atomic E-state index is 0.143. The van der Waals surface area contributed by atoms with Gasteiger partial charge in [0.1, 0.15) is 0 Å². The van der Waals surface area contributed by atoms with Crippen LogP contribution in [0, 0.1) is 0 Å². The maximum absolute atomic E-state index is 12.7. The Morgan fingerprint density at radius 2 is 2.00 bits per heavy atom. The van der Waals surface area contributed by atoms with Gasteiger partial charge in [-0.25, -0.2) is 0 Å². The van der Waals surface area contributed by atoms with Gasteiger partial charge in [0.05, 0.1) is 10.5 Å². The van der Waals surface area contributed by atoms with Crippen molar-refractivity contribution in [2.45, 2.75) is 32.5 Å². The molecule has 1 atom stereocenters. The summed E-state index contributed by atoms with van der Waals surface area (Å²) in [7, 11) is 0. The first kappa shape index (κ1) is 16.6. The maximum atomic E-state index is 12.7. The van der Waals surface area contributed by atoms with Gasteiger partial charge in [0.25, 0.3) is 11.1 Å². The van der Waals surface area contributed by atoms with Crippen LogP contribution in [0.25, 0.3) is 6.08 Å². The van der Waals surface area contributed by atoms with Crippen LogP contribution in [0.5, 0.6) is 0 Å². The van der Waals surface area contributed by atoms with E-state index >= 15 is 0 Å². The molecule has 1 aromatic rings. The van der Waals surface area contributed by atoms with E-state index in [-0.39, 0.29) is 16.5 Å². The van der Waals surface area contributed by atoms with Gasteiger partial charge >= 0.3 is 6.18 Å². The second-order valence-corrected chi connectivity index (χ2v) is 5.93. The predicted molar refractivity (Wildman–Crippen MR) is 79.0 cm³/mol. The second kappa shape index (κ2) is 6.16. The van der Waals surface area contributed by atoms with Gasteiger partial charge in [-0.2, -0.15) is 13.2 Å². The smallest absolute Gasteiger partial charge is 0.268 e. The SMILES string of the molecule is CC[C@@H](C)N1C(=O)S/C(=C/c2cccc(C(F)(F)F)c2)C1=O. The number of hydrogen-bond acceptors (Lipinski definition) is 3. The molecule has 0 aromatic heterocycles. The first-order valence-electron chi connectivity index (χ1n) is 6.68. The van der Waals surface area contributed by atoms with Crippen molar-refractivity contribution in [2.24, 2.45) is 0 Å². The number of carbonyl (C=O) groups excluding carboxylic acids is 2.